The molecule has 104 valence electrons. The number of ether oxygens (including phenoxy) is 1. The summed E-state index contributed by atoms with van der Waals surface area (Å²) in [7, 11) is 0. The molecule has 3 nitrogen and oxygen atoms in total. The Morgan fingerprint density at radius 3 is 2.30 bits per heavy atom. The average molecular weight is 299 g/mol. The van der Waals surface area contributed by atoms with Crippen LogP contribution in [0, 0.1) is 0 Å². The summed E-state index contributed by atoms with van der Waals surface area (Å²) >= 11 is 5.76. The van der Waals surface area contributed by atoms with Gasteiger partial charge in [-0.15, -0.1) is 0 Å². The van der Waals surface area contributed by atoms with E-state index in [2.05, 4.69) is 4.74 Å². The van der Waals surface area contributed by atoms with E-state index in [4.69, 9.17) is 16.7 Å². The summed E-state index contributed by atoms with van der Waals surface area (Å²) in [5.41, 5.74) is 0.974. The molecule has 0 spiro atoms. The van der Waals surface area contributed by atoms with Gasteiger partial charge in [-0.25, -0.2) is 4.79 Å². The minimum Gasteiger partial charge on any atom is -0.478 e. The predicted molar refractivity (Wildman–Crippen MR) is 70.5 cm³/mol. The largest absolute Gasteiger partial charge is 0.478 e. The number of carbonyl (C=O) groups is 1. The molecule has 0 fully saturated rings. The van der Waals surface area contributed by atoms with E-state index in [0.29, 0.717) is 16.1 Å². The van der Waals surface area contributed by atoms with Crippen molar-refractivity contribution in [2.75, 3.05) is 0 Å². The number of hydrogen-bond donors (Lipinski definition) is 1. The molecule has 0 saturated heterocycles. The maximum atomic E-state index is 12.3. The summed E-state index contributed by atoms with van der Waals surface area (Å²) in [4.78, 5) is 11.0. The molecule has 0 aromatic heterocycles. The first-order chi connectivity index (χ1) is 9.45. The van der Waals surface area contributed by atoms with E-state index in [1.807, 2.05) is 0 Å². The molecule has 0 radical (unpaired) electrons. The first-order valence-electron chi connectivity index (χ1n) is 5.55. The van der Waals surface area contributed by atoms with Gasteiger partial charge in [-0.1, -0.05) is 23.7 Å². The smallest absolute Gasteiger partial charge is 0.387 e. The van der Waals surface area contributed by atoms with Gasteiger partial charge in [-0.05, 0) is 41.5 Å². The number of aromatic carboxylic acids is 1. The van der Waals surface area contributed by atoms with Crippen LogP contribution in [-0.2, 0) is 0 Å². The van der Waals surface area contributed by atoms with Crippen molar-refractivity contribution in [1.82, 2.24) is 0 Å². The molecule has 2 aromatic rings. The Labute approximate surface area is 118 Å². The van der Waals surface area contributed by atoms with Crippen LogP contribution >= 0.6 is 11.6 Å². The third kappa shape index (κ3) is 3.45. The third-order valence-corrected chi connectivity index (χ3v) is 2.81. The van der Waals surface area contributed by atoms with Gasteiger partial charge in [0.15, 0.2) is 0 Å². The molecule has 0 heterocycles. The molecule has 0 amide bonds. The molecule has 0 saturated carbocycles. The van der Waals surface area contributed by atoms with Crippen LogP contribution in [0.2, 0.25) is 5.02 Å². The lowest BCUT2D eigenvalue weighted by Crippen LogP contribution is -2.04. The Balaban J connectivity index is 2.48. The van der Waals surface area contributed by atoms with Crippen LogP contribution in [0.1, 0.15) is 10.4 Å². The summed E-state index contributed by atoms with van der Waals surface area (Å²) in [6.45, 7) is -3.02. The van der Waals surface area contributed by atoms with Gasteiger partial charge in [0.2, 0.25) is 0 Å². The van der Waals surface area contributed by atoms with Crippen molar-refractivity contribution in [3.8, 4) is 16.9 Å². The molecule has 1 N–H and O–H groups in total. The fourth-order valence-corrected chi connectivity index (χ4v) is 1.83. The maximum absolute atomic E-state index is 12.3. The number of alkyl halides is 2. The van der Waals surface area contributed by atoms with Crippen LogP contribution in [0.25, 0.3) is 11.1 Å². The number of benzene rings is 2. The van der Waals surface area contributed by atoms with Gasteiger partial charge in [-0.2, -0.15) is 8.78 Å². The number of carboxylic acid groups (broad SMARTS) is 1. The Bertz CT molecular complexity index is 627. The fraction of sp³-hybridized carbons (Fsp3) is 0.0714. The lowest BCUT2D eigenvalue weighted by molar-refractivity contribution is -0.0498. The van der Waals surface area contributed by atoms with Crippen LogP contribution < -0.4 is 4.74 Å². The van der Waals surface area contributed by atoms with E-state index >= 15 is 0 Å². The molecule has 6 heteroatoms. The Hall–Kier alpha value is -2.14. The van der Waals surface area contributed by atoms with Crippen molar-refractivity contribution in [2.45, 2.75) is 6.61 Å². The van der Waals surface area contributed by atoms with Gasteiger partial charge in [0, 0.05) is 5.02 Å². The zero-order chi connectivity index (χ0) is 14.7. The lowest BCUT2D eigenvalue weighted by Gasteiger charge is -2.09. The van der Waals surface area contributed by atoms with Crippen molar-refractivity contribution in [3.63, 3.8) is 0 Å². The molecule has 0 aliphatic carbocycles. The second kappa shape index (κ2) is 5.88. The highest BCUT2D eigenvalue weighted by Gasteiger charge is 2.12. The normalized spacial score (nSPS) is 10.6. The lowest BCUT2D eigenvalue weighted by atomic mass is 10.0. The highest BCUT2D eigenvalue weighted by Crippen LogP contribution is 2.28. The molecular formula is C14H9ClF2O3. The van der Waals surface area contributed by atoms with E-state index in [-0.39, 0.29) is 11.3 Å². The summed E-state index contributed by atoms with van der Waals surface area (Å²) in [5, 5.41) is 9.52. The van der Waals surface area contributed by atoms with E-state index in [9.17, 15) is 13.6 Å². The Kier molecular flexibility index (Phi) is 4.20. The van der Waals surface area contributed by atoms with E-state index in [1.165, 1.54) is 12.1 Å². The standard InChI is InChI=1S/C14H9ClF2O3/c15-11-3-1-8(2-4-11)9-5-10(13(18)19)7-12(6-9)20-14(16)17/h1-7,14H,(H,18,19). The van der Waals surface area contributed by atoms with Gasteiger partial charge in [-0.3, -0.25) is 0 Å². The van der Waals surface area contributed by atoms with E-state index in [0.717, 1.165) is 6.07 Å². The first kappa shape index (κ1) is 14.3. The molecule has 2 aromatic carbocycles. The van der Waals surface area contributed by atoms with E-state index < -0.39 is 12.6 Å². The van der Waals surface area contributed by atoms with Crippen molar-refractivity contribution in [1.29, 1.82) is 0 Å². The molecule has 0 unspecified atom stereocenters. The van der Waals surface area contributed by atoms with Crippen LogP contribution in [0.4, 0.5) is 8.78 Å². The molecule has 0 aliphatic rings. The highest BCUT2D eigenvalue weighted by atomic mass is 35.5. The molecule has 2 rings (SSSR count). The van der Waals surface area contributed by atoms with Crippen molar-refractivity contribution >= 4 is 17.6 Å². The van der Waals surface area contributed by atoms with Crippen LogP contribution in [0.15, 0.2) is 42.5 Å². The zero-order valence-electron chi connectivity index (χ0n) is 10.0. The molecule has 0 bridgehead atoms. The van der Waals surface area contributed by atoms with Gasteiger partial charge in [0.25, 0.3) is 0 Å². The minimum atomic E-state index is -3.02. The van der Waals surface area contributed by atoms with Crippen LogP contribution in [0.5, 0.6) is 5.75 Å². The number of hydrogen-bond acceptors (Lipinski definition) is 2. The quantitative estimate of drug-likeness (QED) is 0.915. The number of halogens is 3. The summed E-state index contributed by atoms with van der Waals surface area (Å²) < 4.78 is 28.8. The second-order valence-electron chi connectivity index (χ2n) is 3.94. The highest BCUT2D eigenvalue weighted by molar-refractivity contribution is 6.30. The first-order valence-corrected chi connectivity index (χ1v) is 5.92. The van der Waals surface area contributed by atoms with Gasteiger partial charge >= 0.3 is 12.6 Å². The summed E-state index contributed by atoms with van der Waals surface area (Å²) in [6.07, 6.45) is 0. The van der Waals surface area contributed by atoms with Gasteiger partial charge in [0.1, 0.15) is 5.75 Å². The van der Waals surface area contributed by atoms with Crippen molar-refractivity contribution < 1.29 is 23.4 Å². The summed E-state index contributed by atoms with van der Waals surface area (Å²) in [5.74, 6) is -1.43. The molecule has 0 aliphatic heterocycles. The van der Waals surface area contributed by atoms with Crippen LogP contribution in [-0.4, -0.2) is 17.7 Å². The molecule has 0 atom stereocenters. The summed E-state index contributed by atoms with van der Waals surface area (Å²) in [6, 6.07) is 10.3. The van der Waals surface area contributed by atoms with E-state index in [1.54, 1.807) is 24.3 Å². The molecular weight excluding hydrogens is 290 g/mol. The topological polar surface area (TPSA) is 46.5 Å². The fourth-order valence-electron chi connectivity index (χ4n) is 1.70. The Morgan fingerprint density at radius 1 is 1.10 bits per heavy atom. The number of carboxylic acids is 1. The SMILES string of the molecule is O=C(O)c1cc(OC(F)F)cc(-c2ccc(Cl)cc2)c1. The third-order valence-electron chi connectivity index (χ3n) is 2.56. The minimum absolute atomic E-state index is 0.131. The predicted octanol–water partition coefficient (Wildman–Crippen LogP) is 4.31. The maximum Gasteiger partial charge on any atom is 0.387 e. The second-order valence-corrected chi connectivity index (χ2v) is 4.37. The van der Waals surface area contributed by atoms with Gasteiger partial charge in [0.05, 0.1) is 5.56 Å². The molecule has 20 heavy (non-hydrogen) atoms. The van der Waals surface area contributed by atoms with Gasteiger partial charge < -0.3 is 9.84 Å². The Morgan fingerprint density at radius 2 is 1.75 bits per heavy atom. The van der Waals surface area contributed by atoms with Crippen LogP contribution in [0.3, 0.4) is 0 Å². The average Bonchev–Trinajstić information content (AvgIpc) is 2.38. The number of rotatable bonds is 4. The zero-order valence-corrected chi connectivity index (χ0v) is 10.8. The van der Waals surface area contributed by atoms with Crippen molar-refractivity contribution in [3.05, 3.63) is 53.1 Å². The monoisotopic (exact) mass is 298 g/mol. The van der Waals surface area contributed by atoms with Crippen molar-refractivity contribution in [2.24, 2.45) is 0 Å².